The van der Waals surface area contributed by atoms with E-state index in [2.05, 4.69) is 26.0 Å². The van der Waals surface area contributed by atoms with Crippen molar-refractivity contribution < 1.29 is 17.9 Å². The van der Waals surface area contributed by atoms with Gasteiger partial charge in [-0.3, -0.25) is 4.79 Å². The molecule has 0 heterocycles. The second-order valence-corrected chi connectivity index (χ2v) is 8.40. The maximum absolute atomic E-state index is 12.4. The summed E-state index contributed by atoms with van der Waals surface area (Å²) in [6.07, 6.45) is 0. The second-order valence-electron chi connectivity index (χ2n) is 5.83. The van der Waals surface area contributed by atoms with Crippen LogP contribution in [0.3, 0.4) is 0 Å². The molecule has 0 fully saturated rings. The number of rotatable bonds is 7. The summed E-state index contributed by atoms with van der Waals surface area (Å²) in [6, 6.07) is 10.9. The van der Waals surface area contributed by atoms with E-state index in [1.165, 1.54) is 12.1 Å². The quantitative estimate of drug-likeness (QED) is 0.685. The van der Waals surface area contributed by atoms with Crippen LogP contribution >= 0.6 is 15.9 Å². The van der Waals surface area contributed by atoms with Crippen LogP contribution in [0.25, 0.3) is 0 Å². The van der Waals surface area contributed by atoms with Crippen molar-refractivity contribution in [3.8, 4) is 5.75 Å². The molecule has 0 saturated carbocycles. The molecule has 0 spiro atoms. The van der Waals surface area contributed by atoms with Gasteiger partial charge in [-0.2, -0.15) is 0 Å². The van der Waals surface area contributed by atoms with Gasteiger partial charge in [0, 0.05) is 17.3 Å². The van der Waals surface area contributed by atoms with Crippen LogP contribution in [-0.2, 0) is 10.0 Å². The third-order valence-electron chi connectivity index (χ3n) is 3.31. The Bertz CT molecular complexity index is 881. The number of sulfonamides is 1. The lowest BCUT2D eigenvalue weighted by molar-refractivity contribution is 0.102. The fourth-order valence-electron chi connectivity index (χ4n) is 2.21. The number of carbonyl (C=O) groups excluding carboxylic acids is 1. The Kier molecular flexibility index (Phi) is 6.80. The van der Waals surface area contributed by atoms with Crippen LogP contribution in [0, 0.1) is 0 Å². The van der Waals surface area contributed by atoms with Crippen LogP contribution < -0.4 is 14.8 Å². The number of amides is 1. The Hall–Kier alpha value is -1.90. The molecule has 0 unspecified atom stereocenters. The summed E-state index contributed by atoms with van der Waals surface area (Å²) in [5.41, 5.74) is 0.960. The van der Waals surface area contributed by atoms with Crippen LogP contribution in [0.2, 0.25) is 0 Å². The summed E-state index contributed by atoms with van der Waals surface area (Å²) in [7, 11) is -3.56. The molecule has 2 aromatic carbocycles. The summed E-state index contributed by atoms with van der Waals surface area (Å²) < 4.78 is 32.8. The van der Waals surface area contributed by atoms with E-state index in [9.17, 15) is 13.2 Å². The number of halogens is 1. The SMILES string of the molecule is CCOc1ccc(C(=O)Nc2ccc(S(=O)(=O)NC(C)C)cc2)cc1Br. The Balaban J connectivity index is 2.11. The van der Waals surface area contributed by atoms with E-state index in [1.54, 1.807) is 44.2 Å². The molecule has 6 nitrogen and oxygen atoms in total. The van der Waals surface area contributed by atoms with Crippen LogP contribution in [0.4, 0.5) is 5.69 Å². The number of hydrogen-bond acceptors (Lipinski definition) is 4. The minimum atomic E-state index is -3.56. The van der Waals surface area contributed by atoms with E-state index in [4.69, 9.17) is 4.74 Å². The monoisotopic (exact) mass is 440 g/mol. The molecule has 2 aromatic rings. The Labute approximate surface area is 162 Å². The summed E-state index contributed by atoms with van der Waals surface area (Å²) in [6.45, 7) is 5.92. The first-order valence-electron chi connectivity index (χ1n) is 8.09. The maximum Gasteiger partial charge on any atom is 0.255 e. The highest BCUT2D eigenvalue weighted by molar-refractivity contribution is 9.10. The fourth-order valence-corrected chi connectivity index (χ4v) is 3.96. The van der Waals surface area contributed by atoms with Crippen molar-refractivity contribution in [1.29, 1.82) is 0 Å². The zero-order valence-electron chi connectivity index (χ0n) is 14.7. The standard InChI is InChI=1S/C18H21BrN2O4S/c1-4-25-17-10-5-13(11-16(17)19)18(22)20-14-6-8-15(9-7-14)26(23,24)21-12(2)3/h5-12,21H,4H2,1-3H3,(H,20,22). The summed E-state index contributed by atoms with van der Waals surface area (Å²) >= 11 is 3.37. The highest BCUT2D eigenvalue weighted by atomic mass is 79.9. The fraction of sp³-hybridized carbons (Fsp3) is 0.278. The number of ether oxygens (including phenoxy) is 1. The summed E-state index contributed by atoms with van der Waals surface area (Å²) in [5.74, 6) is 0.362. The molecule has 0 radical (unpaired) electrons. The molecule has 1 amide bonds. The Morgan fingerprint density at radius 3 is 2.35 bits per heavy atom. The lowest BCUT2D eigenvalue weighted by Crippen LogP contribution is -2.30. The van der Waals surface area contributed by atoms with Crippen molar-refractivity contribution in [3.63, 3.8) is 0 Å². The van der Waals surface area contributed by atoms with E-state index in [-0.39, 0.29) is 16.8 Å². The summed E-state index contributed by atoms with van der Waals surface area (Å²) in [4.78, 5) is 12.5. The van der Waals surface area contributed by atoms with Gasteiger partial charge in [0.2, 0.25) is 10.0 Å². The number of benzene rings is 2. The Morgan fingerprint density at radius 1 is 1.15 bits per heavy atom. The number of anilines is 1. The second kappa shape index (κ2) is 8.66. The molecular weight excluding hydrogens is 420 g/mol. The summed E-state index contributed by atoms with van der Waals surface area (Å²) in [5, 5.41) is 2.74. The minimum absolute atomic E-state index is 0.146. The predicted molar refractivity (Wildman–Crippen MR) is 105 cm³/mol. The van der Waals surface area contributed by atoms with E-state index in [0.29, 0.717) is 28.1 Å². The van der Waals surface area contributed by atoms with Crippen molar-refractivity contribution in [1.82, 2.24) is 4.72 Å². The molecule has 0 atom stereocenters. The van der Waals surface area contributed by atoms with Gasteiger partial charge in [-0.05, 0) is 79.2 Å². The van der Waals surface area contributed by atoms with Gasteiger partial charge < -0.3 is 10.1 Å². The zero-order chi connectivity index (χ0) is 19.3. The average molecular weight is 441 g/mol. The van der Waals surface area contributed by atoms with Crippen molar-refractivity contribution in [2.75, 3.05) is 11.9 Å². The normalized spacial score (nSPS) is 11.4. The van der Waals surface area contributed by atoms with Gasteiger partial charge in [0.25, 0.3) is 5.91 Å². The molecule has 0 aromatic heterocycles. The molecular formula is C18H21BrN2O4S. The van der Waals surface area contributed by atoms with Crippen molar-refractivity contribution in [3.05, 3.63) is 52.5 Å². The number of nitrogens with one attached hydrogen (secondary N) is 2. The van der Waals surface area contributed by atoms with Crippen LogP contribution in [0.1, 0.15) is 31.1 Å². The minimum Gasteiger partial charge on any atom is -0.493 e. The molecule has 26 heavy (non-hydrogen) atoms. The van der Waals surface area contributed by atoms with E-state index >= 15 is 0 Å². The van der Waals surface area contributed by atoms with Crippen LogP contribution in [0.15, 0.2) is 51.8 Å². The van der Waals surface area contributed by atoms with Gasteiger partial charge in [0.15, 0.2) is 0 Å². The van der Waals surface area contributed by atoms with Crippen molar-refractivity contribution in [2.24, 2.45) is 0 Å². The highest BCUT2D eigenvalue weighted by Gasteiger charge is 2.15. The Morgan fingerprint density at radius 2 is 1.81 bits per heavy atom. The third-order valence-corrected chi connectivity index (χ3v) is 5.60. The average Bonchev–Trinajstić information content (AvgIpc) is 2.56. The van der Waals surface area contributed by atoms with Crippen LogP contribution in [0.5, 0.6) is 5.75 Å². The number of hydrogen-bond donors (Lipinski definition) is 2. The van der Waals surface area contributed by atoms with Gasteiger partial charge in [-0.1, -0.05) is 0 Å². The van der Waals surface area contributed by atoms with Gasteiger partial charge in [-0.25, -0.2) is 13.1 Å². The van der Waals surface area contributed by atoms with E-state index < -0.39 is 10.0 Å². The van der Waals surface area contributed by atoms with Crippen LogP contribution in [-0.4, -0.2) is 27.0 Å². The maximum atomic E-state index is 12.4. The van der Waals surface area contributed by atoms with Gasteiger partial charge >= 0.3 is 0 Å². The molecule has 2 rings (SSSR count). The first-order chi connectivity index (χ1) is 12.2. The molecule has 8 heteroatoms. The zero-order valence-corrected chi connectivity index (χ0v) is 17.1. The molecule has 0 saturated heterocycles. The van der Waals surface area contributed by atoms with Gasteiger partial charge in [-0.15, -0.1) is 0 Å². The smallest absolute Gasteiger partial charge is 0.255 e. The largest absolute Gasteiger partial charge is 0.493 e. The number of carbonyl (C=O) groups is 1. The van der Waals surface area contributed by atoms with Gasteiger partial charge in [0.05, 0.1) is 16.0 Å². The topological polar surface area (TPSA) is 84.5 Å². The molecule has 140 valence electrons. The van der Waals surface area contributed by atoms with Crippen molar-refractivity contribution in [2.45, 2.75) is 31.7 Å². The lowest BCUT2D eigenvalue weighted by atomic mass is 10.2. The molecule has 0 aliphatic carbocycles. The van der Waals surface area contributed by atoms with E-state index in [0.717, 1.165) is 0 Å². The lowest BCUT2D eigenvalue weighted by Gasteiger charge is -2.11. The molecule has 0 aliphatic heterocycles. The first-order valence-corrected chi connectivity index (χ1v) is 10.4. The van der Waals surface area contributed by atoms with Crippen molar-refractivity contribution >= 4 is 37.5 Å². The third kappa shape index (κ3) is 5.30. The van der Waals surface area contributed by atoms with Gasteiger partial charge in [0.1, 0.15) is 5.75 Å². The molecule has 0 bridgehead atoms. The molecule has 2 N–H and O–H groups in total. The predicted octanol–water partition coefficient (Wildman–Crippen LogP) is 3.79. The highest BCUT2D eigenvalue weighted by Crippen LogP contribution is 2.26. The first kappa shape index (κ1) is 20.4. The van der Waals surface area contributed by atoms with E-state index in [1.807, 2.05) is 6.92 Å². The molecule has 0 aliphatic rings.